The lowest BCUT2D eigenvalue weighted by atomic mass is 9.89. The van der Waals surface area contributed by atoms with Crippen molar-refractivity contribution in [1.82, 2.24) is 5.32 Å². The molecule has 0 radical (unpaired) electrons. The van der Waals surface area contributed by atoms with Crippen molar-refractivity contribution in [2.75, 3.05) is 19.7 Å². The van der Waals surface area contributed by atoms with Crippen molar-refractivity contribution in [2.45, 2.75) is 18.6 Å². The van der Waals surface area contributed by atoms with E-state index in [0.717, 1.165) is 12.1 Å². The van der Waals surface area contributed by atoms with Gasteiger partial charge in [0.1, 0.15) is 11.7 Å². The van der Waals surface area contributed by atoms with Gasteiger partial charge in [0.15, 0.2) is 0 Å². The number of benzene rings is 1. The molecule has 2 atom stereocenters. The second-order valence-corrected chi connectivity index (χ2v) is 4.08. The Kier molecular flexibility index (Phi) is 3.05. The molecule has 82 valence electrons. The van der Waals surface area contributed by atoms with E-state index in [1.807, 2.05) is 30.3 Å². The highest BCUT2D eigenvalue weighted by atomic mass is 16.5. The smallest absolute Gasteiger partial charge is 0.114 e. The summed E-state index contributed by atoms with van der Waals surface area (Å²) >= 11 is 0. The van der Waals surface area contributed by atoms with Crippen molar-refractivity contribution in [2.24, 2.45) is 0 Å². The minimum Gasteiger partial charge on any atom is -0.383 e. The van der Waals surface area contributed by atoms with E-state index in [1.165, 1.54) is 0 Å². The number of aliphatic hydroxyl groups is 1. The molecule has 1 heterocycles. The fourth-order valence-electron chi connectivity index (χ4n) is 1.89. The summed E-state index contributed by atoms with van der Waals surface area (Å²) in [6, 6.07) is 9.66. The third kappa shape index (κ3) is 2.20. The van der Waals surface area contributed by atoms with Gasteiger partial charge in [-0.2, -0.15) is 0 Å². The summed E-state index contributed by atoms with van der Waals surface area (Å²) in [5, 5.41) is 13.7. The summed E-state index contributed by atoms with van der Waals surface area (Å²) < 4.78 is 5.58. The molecule has 0 spiro atoms. The summed E-state index contributed by atoms with van der Waals surface area (Å²) in [5.41, 5.74) is -0.0204. The first kappa shape index (κ1) is 10.6. The quantitative estimate of drug-likeness (QED) is 0.756. The highest BCUT2D eigenvalue weighted by Gasteiger charge is 2.35. The largest absolute Gasteiger partial charge is 0.383 e. The number of nitrogens with one attached hydrogen (secondary N) is 1. The SMILES string of the molecule is CC(O)(c1ccccc1)C1CNCCO1. The lowest BCUT2D eigenvalue weighted by molar-refractivity contribution is -0.114. The van der Waals surface area contributed by atoms with Gasteiger partial charge in [-0.25, -0.2) is 0 Å². The van der Waals surface area contributed by atoms with Crippen LogP contribution < -0.4 is 5.32 Å². The van der Waals surface area contributed by atoms with Gasteiger partial charge in [0.2, 0.25) is 0 Å². The van der Waals surface area contributed by atoms with E-state index in [0.29, 0.717) is 13.2 Å². The first-order chi connectivity index (χ1) is 7.21. The molecule has 15 heavy (non-hydrogen) atoms. The highest BCUT2D eigenvalue weighted by Crippen LogP contribution is 2.26. The Morgan fingerprint density at radius 2 is 2.13 bits per heavy atom. The van der Waals surface area contributed by atoms with E-state index in [-0.39, 0.29) is 6.10 Å². The van der Waals surface area contributed by atoms with Crippen LogP contribution in [0.2, 0.25) is 0 Å². The normalized spacial score (nSPS) is 25.9. The molecular formula is C12H17NO2. The predicted octanol–water partition coefficient (Wildman–Crippen LogP) is 0.882. The first-order valence-corrected chi connectivity index (χ1v) is 5.31. The number of morpholine rings is 1. The first-order valence-electron chi connectivity index (χ1n) is 5.31. The molecule has 3 nitrogen and oxygen atoms in total. The van der Waals surface area contributed by atoms with Crippen LogP contribution in [-0.2, 0) is 10.3 Å². The van der Waals surface area contributed by atoms with Gasteiger partial charge in [-0.15, -0.1) is 0 Å². The van der Waals surface area contributed by atoms with E-state index in [9.17, 15) is 5.11 Å². The van der Waals surface area contributed by atoms with Crippen molar-refractivity contribution < 1.29 is 9.84 Å². The zero-order valence-corrected chi connectivity index (χ0v) is 8.94. The van der Waals surface area contributed by atoms with E-state index in [4.69, 9.17) is 4.74 Å². The maximum Gasteiger partial charge on any atom is 0.114 e. The van der Waals surface area contributed by atoms with E-state index >= 15 is 0 Å². The molecular weight excluding hydrogens is 190 g/mol. The monoisotopic (exact) mass is 207 g/mol. The Hall–Kier alpha value is -0.900. The molecule has 1 aliphatic heterocycles. The Balaban J connectivity index is 2.18. The van der Waals surface area contributed by atoms with Crippen LogP contribution in [0.3, 0.4) is 0 Å². The number of hydrogen-bond donors (Lipinski definition) is 2. The molecule has 0 saturated carbocycles. The van der Waals surface area contributed by atoms with Gasteiger partial charge >= 0.3 is 0 Å². The third-order valence-electron chi connectivity index (χ3n) is 2.91. The zero-order valence-electron chi connectivity index (χ0n) is 8.94. The zero-order chi connectivity index (χ0) is 10.7. The Labute approximate surface area is 90.1 Å². The molecule has 0 aromatic heterocycles. The van der Waals surface area contributed by atoms with Gasteiger partial charge in [0.25, 0.3) is 0 Å². The second kappa shape index (κ2) is 4.31. The van der Waals surface area contributed by atoms with Crippen molar-refractivity contribution in [1.29, 1.82) is 0 Å². The second-order valence-electron chi connectivity index (χ2n) is 4.08. The van der Waals surface area contributed by atoms with E-state index < -0.39 is 5.60 Å². The summed E-state index contributed by atoms with van der Waals surface area (Å²) in [5.74, 6) is 0. The van der Waals surface area contributed by atoms with Crippen LogP contribution in [0.1, 0.15) is 12.5 Å². The topological polar surface area (TPSA) is 41.5 Å². The van der Waals surface area contributed by atoms with Gasteiger partial charge in [0, 0.05) is 13.1 Å². The summed E-state index contributed by atoms with van der Waals surface area (Å²) in [6.45, 7) is 4.02. The molecule has 0 amide bonds. The molecule has 2 unspecified atom stereocenters. The molecule has 2 rings (SSSR count). The number of ether oxygens (including phenoxy) is 1. The summed E-state index contributed by atoms with van der Waals surface area (Å²) in [7, 11) is 0. The van der Waals surface area contributed by atoms with Crippen molar-refractivity contribution >= 4 is 0 Å². The van der Waals surface area contributed by atoms with Crippen LogP contribution in [0, 0.1) is 0 Å². The molecule has 1 fully saturated rings. The average molecular weight is 207 g/mol. The van der Waals surface area contributed by atoms with Gasteiger partial charge in [-0.1, -0.05) is 30.3 Å². The lowest BCUT2D eigenvalue weighted by Crippen LogP contribution is -2.49. The van der Waals surface area contributed by atoms with E-state index in [1.54, 1.807) is 6.92 Å². The van der Waals surface area contributed by atoms with Gasteiger partial charge < -0.3 is 15.2 Å². The van der Waals surface area contributed by atoms with Crippen LogP contribution in [0.5, 0.6) is 0 Å². The maximum atomic E-state index is 10.4. The Bertz CT molecular complexity index is 305. The van der Waals surface area contributed by atoms with Crippen molar-refractivity contribution in [3.63, 3.8) is 0 Å². The number of hydrogen-bond acceptors (Lipinski definition) is 3. The van der Waals surface area contributed by atoms with E-state index in [2.05, 4.69) is 5.32 Å². The minimum atomic E-state index is -0.922. The molecule has 3 heteroatoms. The van der Waals surface area contributed by atoms with Crippen LogP contribution >= 0.6 is 0 Å². The van der Waals surface area contributed by atoms with Crippen LogP contribution in [0.15, 0.2) is 30.3 Å². The molecule has 1 aromatic rings. The fourth-order valence-corrected chi connectivity index (χ4v) is 1.89. The third-order valence-corrected chi connectivity index (χ3v) is 2.91. The predicted molar refractivity (Wildman–Crippen MR) is 58.6 cm³/mol. The Morgan fingerprint density at radius 3 is 2.73 bits per heavy atom. The standard InChI is InChI=1S/C12H17NO2/c1-12(14,10-5-3-2-4-6-10)11-9-13-7-8-15-11/h2-6,11,13-14H,7-9H2,1H3. The molecule has 2 N–H and O–H groups in total. The van der Waals surface area contributed by atoms with Crippen LogP contribution in [0.4, 0.5) is 0 Å². The fraction of sp³-hybridized carbons (Fsp3) is 0.500. The van der Waals surface area contributed by atoms with Gasteiger partial charge in [0.05, 0.1) is 6.61 Å². The molecule has 0 bridgehead atoms. The molecule has 1 saturated heterocycles. The van der Waals surface area contributed by atoms with Crippen molar-refractivity contribution in [3.05, 3.63) is 35.9 Å². The average Bonchev–Trinajstić information content (AvgIpc) is 2.31. The molecule has 1 aromatic carbocycles. The van der Waals surface area contributed by atoms with Gasteiger partial charge in [-0.05, 0) is 12.5 Å². The minimum absolute atomic E-state index is 0.173. The number of rotatable bonds is 2. The molecule has 0 aliphatic carbocycles. The maximum absolute atomic E-state index is 10.4. The van der Waals surface area contributed by atoms with Crippen molar-refractivity contribution in [3.8, 4) is 0 Å². The Morgan fingerprint density at radius 1 is 1.40 bits per heavy atom. The van der Waals surface area contributed by atoms with Crippen LogP contribution in [0.25, 0.3) is 0 Å². The van der Waals surface area contributed by atoms with Crippen LogP contribution in [-0.4, -0.2) is 30.9 Å². The van der Waals surface area contributed by atoms with Gasteiger partial charge in [-0.3, -0.25) is 0 Å². The highest BCUT2D eigenvalue weighted by molar-refractivity contribution is 5.23. The summed E-state index contributed by atoms with van der Waals surface area (Å²) in [4.78, 5) is 0. The lowest BCUT2D eigenvalue weighted by Gasteiger charge is -2.36. The molecule has 1 aliphatic rings. The summed E-state index contributed by atoms with van der Waals surface area (Å²) in [6.07, 6.45) is -0.173.